The maximum atomic E-state index is 9.99. The zero-order valence-corrected chi connectivity index (χ0v) is 4.97. The molecular weight excluding hydrogens is 119 g/mol. The first kappa shape index (κ1) is 6.98. The molecule has 0 N–H and O–H groups in total. The van der Waals surface area contributed by atoms with Crippen LogP contribution >= 0.6 is 8.25 Å². The van der Waals surface area contributed by atoms with Crippen molar-refractivity contribution in [2.75, 3.05) is 14.2 Å². The lowest BCUT2D eigenvalue weighted by Crippen LogP contribution is -1.76. The summed E-state index contributed by atoms with van der Waals surface area (Å²) in [5.74, 6) is 0. The Morgan fingerprint density at radius 2 is 2.00 bits per heavy atom. The highest BCUT2D eigenvalue weighted by Gasteiger charge is 1.93. The molecule has 0 aromatic heterocycles. The van der Waals surface area contributed by atoms with Gasteiger partial charge < -0.3 is 0 Å². The molecule has 0 bridgehead atoms. The second kappa shape index (κ2) is 4.15. The van der Waals surface area contributed by atoms with Crippen LogP contribution in [-0.2, 0) is 18.7 Å². The fraction of sp³-hybridized carbons (Fsp3) is 1.00. The van der Waals surface area contributed by atoms with Crippen LogP contribution < -0.4 is 0 Å². The van der Waals surface area contributed by atoms with Gasteiger partial charge in [0.25, 0.3) is 0 Å². The highest BCUT2D eigenvalue weighted by molar-refractivity contribution is 7.33. The van der Waals surface area contributed by atoms with Gasteiger partial charge >= 0.3 is 8.25 Å². The molecule has 0 aliphatic rings. The quantitative estimate of drug-likeness (QED) is 0.319. The Hall–Kier alpha value is -0.0200. The number of hydrogen-bond acceptors (Lipinski definition) is 4. The summed E-state index contributed by atoms with van der Waals surface area (Å²) in [7, 11) is 0.467. The second-order valence-electron chi connectivity index (χ2n) is 0.647. The van der Waals surface area contributed by atoms with Gasteiger partial charge in [0.15, 0.2) is 0 Å². The minimum Gasteiger partial charge on any atom is -0.285 e. The van der Waals surface area contributed by atoms with Gasteiger partial charge in [-0.05, 0) is 0 Å². The average Bonchev–Trinajstić information content (AvgIpc) is 1.68. The minimum atomic E-state index is -2.05. The SMILES string of the molecule is COO[P](=O)OC. The number of hydrogen-bond donors (Lipinski definition) is 0. The van der Waals surface area contributed by atoms with Gasteiger partial charge in [0.1, 0.15) is 0 Å². The van der Waals surface area contributed by atoms with E-state index >= 15 is 0 Å². The fourth-order valence-corrected chi connectivity index (χ4v) is 0.274. The van der Waals surface area contributed by atoms with Crippen molar-refractivity contribution < 1.29 is 18.7 Å². The maximum absolute atomic E-state index is 9.99. The monoisotopic (exact) mass is 125 g/mol. The Labute approximate surface area is 42.3 Å². The molecule has 0 aromatic carbocycles. The molecule has 1 unspecified atom stereocenters. The topological polar surface area (TPSA) is 44.8 Å². The van der Waals surface area contributed by atoms with Crippen LogP contribution in [0.4, 0.5) is 0 Å². The highest BCUT2D eigenvalue weighted by Crippen LogP contribution is 2.20. The average molecular weight is 125 g/mol. The molecule has 0 fully saturated rings. The van der Waals surface area contributed by atoms with E-state index in [4.69, 9.17) is 0 Å². The molecule has 43 valence electrons. The third-order valence-corrected chi connectivity index (χ3v) is 0.853. The van der Waals surface area contributed by atoms with Gasteiger partial charge in [-0.1, -0.05) is 0 Å². The largest absolute Gasteiger partial charge is 0.397 e. The second-order valence-corrected chi connectivity index (χ2v) is 1.61. The van der Waals surface area contributed by atoms with E-state index in [1.807, 2.05) is 0 Å². The van der Waals surface area contributed by atoms with E-state index in [0.29, 0.717) is 0 Å². The Bertz CT molecular complexity index is 62.7. The van der Waals surface area contributed by atoms with E-state index in [0.717, 1.165) is 0 Å². The van der Waals surface area contributed by atoms with E-state index in [-0.39, 0.29) is 0 Å². The minimum absolute atomic E-state index is 1.26. The smallest absolute Gasteiger partial charge is 0.285 e. The van der Waals surface area contributed by atoms with Gasteiger partial charge in [0, 0.05) is 0 Å². The van der Waals surface area contributed by atoms with Crippen LogP contribution in [0.5, 0.6) is 0 Å². The van der Waals surface area contributed by atoms with Crippen LogP contribution in [0.2, 0.25) is 0 Å². The highest BCUT2D eigenvalue weighted by atomic mass is 31.1. The van der Waals surface area contributed by atoms with Gasteiger partial charge in [0.05, 0.1) is 14.2 Å². The molecule has 0 aliphatic heterocycles. The van der Waals surface area contributed by atoms with Crippen molar-refractivity contribution in [3.8, 4) is 0 Å². The molecule has 1 atom stereocenters. The van der Waals surface area contributed by atoms with Crippen LogP contribution in [0.3, 0.4) is 0 Å². The summed E-state index contributed by atoms with van der Waals surface area (Å²) >= 11 is 0. The molecule has 1 radical (unpaired) electrons. The summed E-state index contributed by atoms with van der Waals surface area (Å²) < 4.78 is 18.1. The van der Waals surface area contributed by atoms with Gasteiger partial charge in [-0.15, -0.1) is 4.67 Å². The molecule has 0 spiro atoms. The Balaban J connectivity index is 3.00. The molecular formula is C2H6O4P. The van der Waals surface area contributed by atoms with Gasteiger partial charge in [0.2, 0.25) is 0 Å². The molecule has 5 heteroatoms. The van der Waals surface area contributed by atoms with Crippen LogP contribution in [-0.4, -0.2) is 14.2 Å². The van der Waals surface area contributed by atoms with Crippen LogP contribution in [0.15, 0.2) is 0 Å². The van der Waals surface area contributed by atoms with Crippen LogP contribution in [0, 0.1) is 0 Å². The van der Waals surface area contributed by atoms with Crippen molar-refractivity contribution >= 4 is 8.25 Å². The normalized spacial score (nSPS) is 11.4. The Morgan fingerprint density at radius 3 is 2.14 bits per heavy atom. The predicted molar refractivity (Wildman–Crippen MR) is 22.7 cm³/mol. The van der Waals surface area contributed by atoms with Crippen molar-refractivity contribution in [1.29, 1.82) is 0 Å². The molecule has 0 amide bonds. The van der Waals surface area contributed by atoms with Gasteiger partial charge in [-0.2, -0.15) is 0 Å². The third-order valence-electron chi connectivity index (χ3n) is 0.284. The molecule has 7 heavy (non-hydrogen) atoms. The van der Waals surface area contributed by atoms with E-state index in [1.165, 1.54) is 14.2 Å². The lowest BCUT2D eigenvalue weighted by Gasteiger charge is -1.90. The number of rotatable bonds is 3. The molecule has 0 rings (SSSR count). The Morgan fingerprint density at radius 1 is 1.43 bits per heavy atom. The van der Waals surface area contributed by atoms with Crippen molar-refractivity contribution in [2.24, 2.45) is 0 Å². The van der Waals surface area contributed by atoms with Crippen LogP contribution in [0.1, 0.15) is 0 Å². The molecule has 0 aromatic rings. The molecule has 0 saturated heterocycles. The lowest BCUT2D eigenvalue weighted by molar-refractivity contribution is -0.180. The molecule has 0 aliphatic carbocycles. The van der Waals surface area contributed by atoms with Gasteiger partial charge in [-0.25, -0.2) is 9.45 Å². The summed E-state index contributed by atoms with van der Waals surface area (Å²) in [6.45, 7) is 0. The fourth-order valence-electron chi connectivity index (χ4n) is 0.0913. The third kappa shape index (κ3) is 3.82. The van der Waals surface area contributed by atoms with Crippen molar-refractivity contribution in [3.05, 3.63) is 0 Å². The summed E-state index contributed by atoms with van der Waals surface area (Å²) in [5.41, 5.74) is 0. The zero-order valence-electron chi connectivity index (χ0n) is 4.08. The summed E-state index contributed by atoms with van der Waals surface area (Å²) in [5, 5.41) is 0. The van der Waals surface area contributed by atoms with Crippen molar-refractivity contribution in [2.45, 2.75) is 0 Å². The summed E-state index contributed by atoms with van der Waals surface area (Å²) in [4.78, 5) is 3.99. The van der Waals surface area contributed by atoms with E-state index in [2.05, 4.69) is 14.1 Å². The molecule has 0 saturated carbocycles. The van der Waals surface area contributed by atoms with Crippen molar-refractivity contribution in [3.63, 3.8) is 0 Å². The first-order valence-corrected chi connectivity index (χ1v) is 2.63. The van der Waals surface area contributed by atoms with Gasteiger partial charge in [-0.3, -0.25) is 4.52 Å². The molecule has 0 heterocycles. The first-order chi connectivity index (χ1) is 3.31. The van der Waals surface area contributed by atoms with Crippen molar-refractivity contribution in [1.82, 2.24) is 0 Å². The predicted octanol–water partition coefficient (Wildman–Crippen LogP) is 0.868. The standard InChI is InChI=1S/C2H6O4P/c1-4-6-7(3)5-2/h1-2H3. The maximum Gasteiger partial charge on any atom is 0.397 e. The molecule has 4 nitrogen and oxygen atoms in total. The first-order valence-electron chi connectivity index (χ1n) is 1.53. The lowest BCUT2D eigenvalue weighted by atomic mass is 11.8. The summed E-state index contributed by atoms with van der Waals surface area (Å²) in [6, 6.07) is 0. The zero-order chi connectivity index (χ0) is 5.70. The summed E-state index contributed by atoms with van der Waals surface area (Å²) in [6.07, 6.45) is 0. The van der Waals surface area contributed by atoms with E-state index in [9.17, 15) is 4.57 Å². The van der Waals surface area contributed by atoms with Crippen LogP contribution in [0.25, 0.3) is 0 Å². The Kier molecular flexibility index (Phi) is 4.14. The van der Waals surface area contributed by atoms with E-state index < -0.39 is 8.25 Å². The van der Waals surface area contributed by atoms with E-state index in [1.54, 1.807) is 0 Å².